The van der Waals surface area contributed by atoms with Gasteiger partial charge in [-0.2, -0.15) is 0 Å². The van der Waals surface area contributed by atoms with Crippen LogP contribution in [0, 0.1) is 0 Å². The van der Waals surface area contributed by atoms with Crippen molar-refractivity contribution in [1.82, 2.24) is 0 Å². The highest BCUT2D eigenvalue weighted by atomic mass is 32.2. The normalized spacial score (nSPS) is 12.8. The van der Waals surface area contributed by atoms with E-state index >= 15 is 0 Å². The molecule has 0 aliphatic heterocycles. The first kappa shape index (κ1) is 19.5. The minimum atomic E-state index is -0.0946. The van der Waals surface area contributed by atoms with Crippen LogP contribution in [0.2, 0.25) is 0 Å². The molecule has 0 heterocycles. The molecule has 0 radical (unpaired) electrons. The zero-order chi connectivity index (χ0) is 15.1. The van der Waals surface area contributed by atoms with E-state index in [1.165, 1.54) is 32.1 Å². The summed E-state index contributed by atoms with van der Waals surface area (Å²) in [5.74, 6) is -0.0946. The Balaban J connectivity index is 3.52. The van der Waals surface area contributed by atoms with Crippen molar-refractivity contribution in [2.45, 2.75) is 57.1 Å². The Morgan fingerprint density at radius 2 is 1.85 bits per heavy atom. The highest BCUT2D eigenvalue weighted by molar-refractivity contribution is 7.99. The van der Waals surface area contributed by atoms with E-state index in [2.05, 4.69) is 12.2 Å². The fourth-order valence-electron chi connectivity index (χ4n) is 1.90. The molecule has 0 aromatic rings. The van der Waals surface area contributed by atoms with Gasteiger partial charge in [-0.05, 0) is 38.9 Å². The fraction of sp³-hybridized carbons (Fsp3) is 0.812. The summed E-state index contributed by atoms with van der Waals surface area (Å²) in [5.41, 5.74) is 0. The van der Waals surface area contributed by atoms with E-state index in [9.17, 15) is 4.79 Å². The van der Waals surface area contributed by atoms with Gasteiger partial charge in [-0.3, -0.25) is 4.79 Å². The van der Waals surface area contributed by atoms with E-state index in [4.69, 9.17) is 9.47 Å². The van der Waals surface area contributed by atoms with Crippen molar-refractivity contribution in [3.05, 3.63) is 12.2 Å². The Morgan fingerprint density at radius 1 is 1.15 bits per heavy atom. The maximum Gasteiger partial charge on any atom is 0.319 e. The lowest BCUT2D eigenvalue weighted by Gasteiger charge is -2.10. The van der Waals surface area contributed by atoms with Crippen LogP contribution in [0.5, 0.6) is 0 Å². The number of rotatable bonds is 13. The van der Waals surface area contributed by atoms with Gasteiger partial charge in [-0.25, -0.2) is 0 Å². The SMILES string of the molecule is CCOC(=O)C(CC=CCCCCCCCOC)SC. The minimum Gasteiger partial charge on any atom is -0.465 e. The molecule has 1 unspecified atom stereocenters. The smallest absolute Gasteiger partial charge is 0.319 e. The van der Waals surface area contributed by atoms with E-state index < -0.39 is 0 Å². The van der Waals surface area contributed by atoms with Gasteiger partial charge < -0.3 is 9.47 Å². The number of esters is 1. The standard InChI is InChI=1S/C16H30O3S/c1-4-19-16(17)15(20-3)13-11-9-7-5-6-8-10-12-14-18-2/h9,11,15H,4-8,10,12-14H2,1-3H3. The van der Waals surface area contributed by atoms with Gasteiger partial charge in [0.1, 0.15) is 5.25 Å². The van der Waals surface area contributed by atoms with Crippen molar-refractivity contribution in [3.63, 3.8) is 0 Å². The Bertz CT molecular complexity index is 254. The summed E-state index contributed by atoms with van der Waals surface area (Å²) in [5, 5.41) is -0.0553. The van der Waals surface area contributed by atoms with Gasteiger partial charge >= 0.3 is 5.97 Å². The predicted octanol–water partition coefficient (Wildman–Crippen LogP) is 4.21. The van der Waals surface area contributed by atoms with Crippen LogP contribution in [-0.4, -0.2) is 37.8 Å². The number of unbranched alkanes of at least 4 members (excludes halogenated alkanes) is 5. The molecular weight excluding hydrogens is 272 g/mol. The van der Waals surface area contributed by atoms with Crippen LogP contribution in [0.15, 0.2) is 12.2 Å². The summed E-state index contributed by atoms with van der Waals surface area (Å²) in [7, 11) is 1.75. The first-order valence-corrected chi connectivity index (χ1v) is 8.88. The molecule has 0 saturated heterocycles. The monoisotopic (exact) mass is 302 g/mol. The van der Waals surface area contributed by atoms with Crippen LogP contribution in [-0.2, 0) is 14.3 Å². The Labute approximate surface area is 128 Å². The molecule has 0 bridgehead atoms. The third-order valence-corrected chi connectivity index (χ3v) is 4.02. The molecule has 0 aromatic heterocycles. The van der Waals surface area contributed by atoms with E-state index in [-0.39, 0.29) is 11.2 Å². The van der Waals surface area contributed by atoms with Crippen LogP contribution in [0.1, 0.15) is 51.9 Å². The number of ether oxygens (including phenoxy) is 2. The number of carbonyl (C=O) groups excluding carboxylic acids is 1. The lowest BCUT2D eigenvalue weighted by atomic mass is 10.1. The Morgan fingerprint density at radius 3 is 2.50 bits per heavy atom. The van der Waals surface area contributed by atoms with Gasteiger partial charge in [-0.1, -0.05) is 31.4 Å². The molecule has 0 amide bonds. The van der Waals surface area contributed by atoms with E-state index in [1.807, 2.05) is 13.2 Å². The number of allylic oxidation sites excluding steroid dienone is 2. The molecule has 118 valence electrons. The molecule has 0 aliphatic carbocycles. The van der Waals surface area contributed by atoms with Crippen molar-refractivity contribution in [1.29, 1.82) is 0 Å². The first-order chi connectivity index (χ1) is 9.76. The predicted molar refractivity (Wildman–Crippen MR) is 87.3 cm³/mol. The summed E-state index contributed by atoms with van der Waals surface area (Å²) < 4.78 is 10.1. The Hall–Kier alpha value is -0.480. The van der Waals surface area contributed by atoms with Crippen molar-refractivity contribution in [3.8, 4) is 0 Å². The van der Waals surface area contributed by atoms with E-state index in [0.717, 1.165) is 19.4 Å². The largest absolute Gasteiger partial charge is 0.465 e. The number of thioether (sulfide) groups is 1. The quantitative estimate of drug-likeness (QED) is 0.290. The average molecular weight is 302 g/mol. The van der Waals surface area contributed by atoms with Crippen LogP contribution >= 0.6 is 11.8 Å². The van der Waals surface area contributed by atoms with Gasteiger partial charge in [0.2, 0.25) is 0 Å². The molecule has 0 aromatic carbocycles. The summed E-state index contributed by atoms with van der Waals surface area (Å²) in [6, 6.07) is 0. The average Bonchev–Trinajstić information content (AvgIpc) is 2.45. The molecule has 0 aliphatic rings. The maximum absolute atomic E-state index is 11.6. The van der Waals surface area contributed by atoms with E-state index in [0.29, 0.717) is 6.61 Å². The second-order valence-corrected chi connectivity index (χ2v) is 5.77. The topological polar surface area (TPSA) is 35.5 Å². The second kappa shape index (κ2) is 14.9. The molecule has 0 N–H and O–H groups in total. The fourth-order valence-corrected chi connectivity index (χ4v) is 2.46. The third-order valence-electron chi connectivity index (χ3n) is 3.07. The molecule has 3 nitrogen and oxygen atoms in total. The summed E-state index contributed by atoms with van der Waals surface area (Å²) in [6.45, 7) is 3.18. The minimum absolute atomic E-state index is 0.0553. The van der Waals surface area contributed by atoms with E-state index in [1.54, 1.807) is 18.9 Å². The van der Waals surface area contributed by atoms with Crippen LogP contribution in [0.25, 0.3) is 0 Å². The lowest BCUT2D eigenvalue weighted by Crippen LogP contribution is -2.19. The number of carbonyl (C=O) groups is 1. The molecule has 4 heteroatoms. The summed E-state index contributed by atoms with van der Waals surface area (Å²) >= 11 is 1.56. The highest BCUT2D eigenvalue weighted by Gasteiger charge is 2.16. The van der Waals surface area contributed by atoms with Crippen LogP contribution in [0.3, 0.4) is 0 Å². The molecule has 20 heavy (non-hydrogen) atoms. The van der Waals surface area contributed by atoms with Crippen molar-refractivity contribution >= 4 is 17.7 Å². The van der Waals surface area contributed by atoms with Gasteiger partial charge in [0.05, 0.1) is 6.61 Å². The molecule has 0 saturated carbocycles. The first-order valence-electron chi connectivity index (χ1n) is 7.59. The Kier molecular flexibility index (Phi) is 14.6. The second-order valence-electron chi connectivity index (χ2n) is 4.73. The molecule has 0 spiro atoms. The van der Waals surface area contributed by atoms with Crippen LogP contribution < -0.4 is 0 Å². The molecule has 0 rings (SSSR count). The van der Waals surface area contributed by atoms with Gasteiger partial charge in [0.25, 0.3) is 0 Å². The zero-order valence-electron chi connectivity index (χ0n) is 13.2. The summed E-state index contributed by atoms with van der Waals surface area (Å²) in [4.78, 5) is 11.6. The third kappa shape index (κ3) is 11.4. The highest BCUT2D eigenvalue weighted by Crippen LogP contribution is 2.14. The number of hydrogen-bond donors (Lipinski definition) is 0. The van der Waals surface area contributed by atoms with Gasteiger partial charge in [-0.15, -0.1) is 11.8 Å². The molecule has 1 atom stereocenters. The van der Waals surface area contributed by atoms with Crippen LogP contribution in [0.4, 0.5) is 0 Å². The lowest BCUT2D eigenvalue weighted by molar-refractivity contribution is -0.142. The molecule has 0 fully saturated rings. The zero-order valence-corrected chi connectivity index (χ0v) is 14.0. The number of methoxy groups -OCH3 is 1. The summed E-state index contributed by atoms with van der Waals surface area (Å²) in [6.07, 6.45) is 14.4. The van der Waals surface area contributed by atoms with Crippen molar-refractivity contribution < 1.29 is 14.3 Å². The van der Waals surface area contributed by atoms with Crippen molar-refractivity contribution in [2.24, 2.45) is 0 Å². The van der Waals surface area contributed by atoms with Crippen molar-refractivity contribution in [2.75, 3.05) is 26.6 Å². The molecular formula is C16H30O3S. The maximum atomic E-state index is 11.6. The van der Waals surface area contributed by atoms with Gasteiger partial charge in [0, 0.05) is 13.7 Å². The van der Waals surface area contributed by atoms with Gasteiger partial charge in [0.15, 0.2) is 0 Å². The number of hydrogen-bond acceptors (Lipinski definition) is 4.